The van der Waals surface area contributed by atoms with Gasteiger partial charge in [-0.2, -0.15) is 0 Å². The van der Waals surface area contributed by atoms with Crippen molar-refractivity contribution in [3.63, 3.8) is 0 Å². The highest BCUT2D eigenvalue weighted by Gasteiger charge is 2.51. The number of fused-ring (bicyclic) bond motifs is 1. The van der Waals surface area contributed by atoms with E-state index in [2.05, 4.69) is 15.0 Å². The topological polar surface area (TPSA) is 166 Å². The average molecular weight is 533 g/mol. The minimum Gasteiger partial charge on any atom is -0.463 e. The molecule has 0 aliphatic carbocycles. The molecule has 1 aliphatic heterocycles. The van der Waals surface area contributed by atoms with Crippen molar-refractivity contribution >= 4 is 38.9 Å². The lowest BCUT2D eigenvalue weighted by Crippen LogP contribution is -2.40. The summed E-state index contributed by atoms with van der Waals surface area (Å²) in [6, 6.07) is 8.60. The first kappa shape index (κ1) is 26.2. The van der Waals surface area contributed by atoms with Crippen LogP contribution in [0.5, 0.6) is 0 Å². The van der Waals surface area contributed by atoms with Crippen molar-refractivity contribution in [2.24, 2.45) is 0 Å². The van der Waals surface area contributed by atoms with Gasteiger partial charge in [-0.05, 0) is 5.56 Å². The third-order valence-electron chi connectivity index (χ3n) is 5.43. The summed E-state index contributed by atoms with van der Waals surface area (Å²) < 4.78 is 49.6. The van der Waals surface area contributed by atoms with Gasteiger partial charge in [-0.25, -0.2) is 23.4 Å². The number of carbonyl (C=O) groups excluding carboxylic acids is 3. The molecule has 13 nitrogen and oxygen atoms in total. The Balaban J connectivity index is 1.74. The van der Waals surface area contributed by atoms with Crippen LogP contribution in [0.25, 0.3) is 11.2 Å². The summed E-state index contributed by atoms with van der Waals surface area (Å²) in [7, 11) is -3.92. The van der Waals surface area contributed by atoms with Gasteiger partial charge in [-0.3, -0.25) is 19.0 Å². The van der Waals surface area contributed by atoms with Crippen molar-refractivity contribution in [1.29, 1.82) is 0 Å². The minimum absolute atomic E-state index is 0.0175. The number of hydrogen-bond acceptors (Lipinski definition) is 12. The second-order valence-electron chi connectivity index (χ2n) is 8.26. The van der Waals surface area contributed by atoms with Crippen LogP contribution in [-0.2, 0) is 48.9 Å². The fourth-order valence-electron chi connectivity index (χ4n) is 4.02. The third-order valence-corrected chi connectivity index (χ3v) is 7.04. The van der Waals surface area contributed by atoms with Gasteiger partial charge in [0.25, 0.3) is 0 Å². The molecule has 37 heavy (non-hydrogen) atoms. The molecule has 0 unspecified atom stereocenters. The number of aromatic nitrogens is 4. The fourth-order valence-corrected chi connectivity index (χ4v) is 5.44. The minimum atomic E-state index is -3.92. The monoisotopic (exact) mass is 532 g/mol. The summed E-state index contributed by atoms with van der Waals surface area (Å²) in [5, 5.41) is -0.282. The van der Waals surface area contributed by atoms with E-state index in [9.17, 15) is 22.8 Å². The predicted molar refractivity (Wildman–Crippen MR) is 124 cm³/mol. The first-order valence-corrected chi connectivity index (χ1v) is 12.8. The van der Waals surface area contributed by atoms with Crippen LogP contribution >= 0.6 is 0 Å². The second kappa shape index (κ2) is 10.6. The Kier molecular flexibility index (Phi) is 7.50. The Morgan fingerprint density at radius 3 is 2.27 bits per heavy atom. The van der Waals surface area contributed by atoms with Crippen LogP contribution in [0.3, 0.4) is 0 Å². The van der Waals surface area contributed by atoms with Gasteiger partial charge in [0.2, 0.25) is 9.84 Å². The summed E-state index contributed by atoms with van der Waals surface area (Å²) in [5.41, 5.74) is 0.634. The predicted octanol–water partition coefficient (Wildman–Crippen LogP) is 1.12. The van der Waals surface area contributed by atoms with Crippen molar-refractivity contribution in [3.05, 3.63) is 48.5 Å². The number of rotatable bonds is 8. The van der Waals surface area contributed by atoms with Crippen LogP contribution in [0.1, 0.15) is 32.6 Å². The lowest BCUT2D eigenvalue weighted by atomic mass is 10.1. The Labute approximate surface area is 211 Å². The molecule has 0 amide bonds. The summed E-state index contributed by atoms with van der Waals surface area (Å²) in [5.74, 6) is -2.26. The fraction of sp³-hybridized carbons (Fsp3) is 0.391. The van der Waals surface area contributed by atoms with Gasteiger partial charge in [0.05, 0.1) is 12.1 Å². The van der Waals surface area contributed by atoms with Crippen LogP contribution in [0, 0.1) is 0 Å². The van der Waals surface area contributed by atoms with E-state index in [1.165, 1.54) is 31.7 Å². The molecule has 0 radical (unpaired) electrons. The average Bonchev–Trinajstić information content (AvgIpc) is 3.39. The van der Waals surface area contributed by atoms with Gasteiger partial charge in [0.15, 0.2) is 29.1 Å². The number of hydrogen-bond donors (Lipinski definition) is 0. The van der Waals surface area contributed by atoms with Crippen molar-refractivity contribution in [3.8, 4) is 0 Å². The SMILES string of the molecule is CC(=O)OC[C@H]1O[C@@H](n2cnc3c(S(=O)(=O)Cc4ccccc4)ncnc32)[C@H](OC(C)=O)[C@@H]1OC(C)=O. The highest BCUT2D eigenvalue weighted by molar-refractivity contribution is 7.90. The van der Waals surface area contributed by atoms with Gasteiger partial charge >= 0.3 is 17.9 Å². The highest BCUT2D eigenvalue weighted by Crippen LogP contribution is 2.36. The quantitative estimate of drug-likeness (QED) is 0.231. The summed E-state index contributed by atoms with van der Waals surface area (Å²) in [6.07, 6.45) is -2.11. The van der Waals surface area contributed by atoms with Crippen molar-refractivity contribution in [2.45, 2.75) is 56.1 Å². The van der Waals surface area contributed by atoms with Crippen LogP contribution in [0.2, 0.25) is 0 Å². The molecule has 3 heterocycles. The Morgan fingerprint density at radius 1 is 0.946 bits per heavy atom. The zero-order valence-corrected chi connectivity index (χ0v) is 21.0. The molecule has 3 aromatic rings. The standard InChI is InChI=1S/C23H24N4O9S/c1-13(28)33-9-17-19(34-14(2)29)20(35-15(3)30)23(36-17)27-12-26-18-21(27)24-11-25-22(18)37(31,32)10-16-7-5-4-6-8-16/h4-8,11-12,17,19-20,23H,9-10H2,1-3H3/t17-,19-,20-,23-/m1/s1. The molecule has 14 heteroatoms. The highest BCUT2D eigenvalue weighted by atomic mass is 32.2. The Morgan fingerprint density at radius 2 is 1.62 bits per heavy atom. The van der Waals surface area contributed by atoms with Gasteiger partial charge in [0.1, 0.15) is 24.6 Å². The second-order valence-corrected chi connectivity index (χ2v) is 10.2. The molecule has 196 valence electrons. The summed E-state index contributed by atoms with van der Waals surface area (Å²) >= 11 is 0. The maximum absolute atomic E-state index is 13.2. The first-order valence-electron chi connectivity index (χ1n) is 11.1. The van der Waals surface area contributed by atoms with Crippen LogP contribution < -0.4 is 0 Å². The molecule has 4 rings (SSSR count). The molecular weight excluding hydrogens is 508 g/mol. The number of ether oxygens (including phenoxy) is 4. The largest absolute Gasteiger partial charge is 0.463 e. The van der Waals surface area contributed by atoms with E-state index in [0.29, 0.717) is 5.56 Å². The normalized spacial score (nSPS) is 21.5. The molecule has 1 aromatic carbocycles. The number of nitrogens with zero attached hydrogens (tertiary/aromatic N) is 4. The molecule has 0 bridgehead atoms. The van der Waals surface area contributed by atoms with Gasteiger partial charge in [0, 0.05) is 20.8 Å². The Bertz CT molecular complexity index is 1420. The smallest absolute Gasteiger partial charge is 0.303 e. The van der Waals surface area contributed by atoms with Crippen LogP contribution in [-0.4, -0.2) is 70.8 Å². The van der Waals surface area contributed by atoms with E-state index in [-0.39, 0.29) is 28.5 Å². The third kappa shape index (κ3) is 5.75. The van der Waals surface area contributed by atoms with Crippen molar-refractivity contribution in [2.75, 3.05) is 6.61 Å². The number of esters is 3. The van der Waals surface area contributed by atoms with Crippen LogP contribution in [0.4, 0.5) is 0 Å². The molecule has 0 N–H and O–H groups in total. The zero-order valence-electron chi connectivity index (χ0n) is 20.1. The van der Waals surface area contributed by atoms with Gasteiger partial charge in [-0.15, -0.1) is 0 Å². The van der Waals surface area contributed by atoms with E-state index in [4.69, 9.17) is 18.9 Å². The van der Waals surface area contributed by atoms with Crippen molar-refractivity contribution < 1.29 is 41.7 Å². The number of sulfone groups is 1. The molecule has 1 saturated heterocycles. The van der Waals surface area contributed by atoms with E-state index < -0.39 is 52.3 Å². The Hall–Kier alpha value is -3.91. The van der Waals surface area contributed by atoms with Crippen molar-refractivity contribution in [1.82, 2.24) is 19.5 Å². The molecule has 1 aliphatic rings. The molecule has 0 spiro atoms. The summed E-state index contributed by atoms with van der Waals surface area (Å²) in [4.78, 5) is 47.4. The van der Waals surface area contributed by atoms with E-state index >= 15 is 0 Å². The summed E-state index contributed by atoms with van der Waals surface area (Å²) in [6.45, 7) is 3.25. The molecule has 4 atom stereocenters. The maximum Gasteiger partial charge on any atom is 0.303 e. The number of carbonyl (C=O) groups is 3. The lowest BCUT2D eigenvalue weighted by molar-refractivity contribution is -0.166. The lowest BCUT2D eigenvalue weighted by Gasteiger charge is -2.23. The van der Waals surface area contributed by atoms with Gasteiger partial charge in [-0.1, -0.05) is 30.3 Å². The maximum atomic E-state index is 13.2. The van der Waals surface area contributed by atoms with Crippen LogP contribution in [0.15, 0.2) is 48.0 Å². The van der Waals surface area contributed by atoms with E-state index in [1.807, 2.05) is 0 Å². The van der Waals surface area contributed by atoms with E-state index in [1.54, 1.807) is 30.3 Å². The molecule has 2 aromatic heterocycles. The molecule has 1 fully saturated rings. The number of imidazole rings is 1. The molecule has 0 saturated carbocycles. The van der Waals surface area contributed by atoms with Gasteiger partial charge < -0.3 is 18.9 Å². The number of benzene rings is 1. The first-order chi connectivity index (χ1) is 17.6. The van der Waals surface area contributed by atoms with E-state index in [0.717, 1.165) is 6.33 Å². The molecular formula is C23H24N4O9S. The zero-order chi connectivity index (χ0) is 26.7.